The van der Waals surface area contributed by atoms with Crippen LogP contribution in [0, 0.1) is 5.41 Å². The fraction of sp³-hybridized carbons (Fsp3) is 0.367. The Bertz CT molecular complexity index is 1250. The third kappa shape index (κ3) is 7.71. The summed E-state index contributed by atoms with van der Waals surface area (Å²) in [5, 5.41) is 9.16. The first-order valence-corrected chi connectivity index (χ1v) is 13.0. The summed E-state index contributed by atoms with van der Waals surface area (Å²) in [6, 6.07) is 14.2. The summed E-state index contributed by atoms with van der Waals surface area (Å²) in [4.78, 5) is 26.3. The van der Waals surface area contributed by atoms with E-state index in [1.165, 1.54) is 11.8 Å². The van der Waals surface area contributed by atoms with Crippen LogP contribution in [-0.4, -0.2) is 28.3 Å². The average Bonchev–Trinajstić information content (AvgIpc) is 2.77. The molecule has 0 radical (unpaired) electrons. The Hall–Kier alpha value is -3.58. The van der Waals surface area contributed by atoms with E-state index >= 15 is 0 Å². The molecule has 1 aliphatic carbocycles. The van der Waals surface area contributed by atoms with E-state index in [1.807, 2.05) is 25.1 Å². The van der Waals surface area contributed by atoms with Gasteiger partial charge in [-0.25, -0.2) is 9.69 Å². The number of allylic oxidation sites excluding steroid dienone is 2. The summed E-state index contributed by atoms with van der Waals surface area (Å²) < 4.78 is 17.4. The van der Waals surface area contributed by atoms with Crippen LogP contribution in [0.5, 0.6) is 5.75 Å². The SMILES string of the molecule is CC(=N)/C(=C/c1ccc(OC(C)=O)cc1)N(C(=O)OC(C)(C)C)C(OC(C)c1ccccc1Cl)=C1CCC1. The number of nitrogens with zero attached hydrogens (tertiary/aromatic N) is 1. The second kappa shape index (κ2) is 12.3. The van der Waals surface area contributed by atoms with Gasteiger partial charge >= 0.3 is 12.1 Å². The Morgan fingerprint density at radius 2 is 1.68 bits per heavy atom. The largest absolute Gasteiger partial charge is 0.471 e. The third-order valence-electron chi connectivity index (χ3n) is 5.74. The molecule has 1 amide bonds. The number of esters is 1. The van der Waals surface area contributed by atoms with Crippen molar-refractivity contribution in [1.29, 1.82) is 5.41 Å². The first-order valence-electron chi connectivity index (χ1n) is 12.6. The molecular formula is C30H35ClN2O5. The van der Waals surface area contributed by atoms with Gasteiger partial charge in [0.1, 0.15) is 17.5 Å². The molecule has 1 atom stereocenters. The zero-order valence-electron chi connectivity index (χ0n) is 22.8. The van der Waals surface area contributed by atoms with E-state index in [1.54, 1.807) is 64.1 Å². The molecule has 1 unspecified atom stereocenters. The number of nitrogens with one attached hydrogen (secondary N) is 1. The zero-order chi connectivity index (χ0) is 28.0. The highest BCUT2D eigenvalue weighted by Crippen LogP contribution is 2.37. The molecule has 0 heterocycles. The van der Waals surface area contributed by atoms with Crippen LogP contribution in [0.15, 0.2) is 65.7 Å². The summed E-state index contributed by atoms with van der Waals surface area (Å²) in [7, 11) is 0. The predicted octanol–water partition coefficient (Wildman–Crippen LogP) is 8.06. The minimum absolute atomic E-state index is 0.145. The molecule has 7 nitrogen and oxygen atoms in total. The average molecular weight is 539 g/mol. The van der Waals surface area contributed by atoms with Gasteiger partial charge in [-0.1, -0.05) is 41.9 Å². The quantitative estimate of drug-likeness (QED) is 0.159. The van der Waals surface area contributed by atoms with E-state index in [2.05, 4.69) is 0 Å². The van der Waals surface area contributed by atoms with E-state index in [4.69, 9.17) is 31.2 Å². The van der Waals surface area contributed by atoms with Gasteiger partial charge in [0.2, 0.25) is 5.88 Å². The van der Waals surface area contributed by atoms with E-state index < -0.39 is 23.8 Å². The number of hydrogen-bond donors (Lipinski definition) is 1. The minimum Gasteiger partial charge on any atom is -0.471 e. The van der Waals surface area contributed by atoms with Crippen LogP contribution in [-0.2, 0) is 14.3 Å². The van der Waals surface area contributed by atoms with E-state index in [9.17, 15) is 9.59 Å². The lowest BCUT2D eigenvalue weighted by atomic mass is 9.92. The minimum atomic E-state index is -0.772. The number of rotatable bonds is 8. The van der Waals surface area contributed by atoms with E-state index in [-0.39, 0.29) is 5.71 Å². The third-order valence-corrected chi connectivity index (χ3v) is 6.08. The van der Waals surface area contributed by atoms with Crippen LogP contribution in [0.4, 0.5) is 4.79 Å². The normalized spacial score (nSPS) is 14.2. The number of ether oxygens (including phenoxy) is 3. The van der Waals surface area contributed by atoms with Crippen molar-refractivity contribution in [2.24, 2.45) is 0 Å². The van der Waals surface area contributed by atoms with Crippen molar-refractivity contribution in [3.63, 3.8) is 0 Å². The van der Waals surface area contributed by atoms with Gasteiger partial charge < -0.3 is 19.6 Å². The first-order chi connectivity index (χ1) is 17.9. The van der Waals surface area contributed by atoms with Crippen molar-refractivity contribution in [1.82, 2.24) is 4.90 Å². The fourth-order valence-electron chi connectivity index (χ4n) is 3.79. The fourth-order valence-corrected chi connectivity index (χ4v) is 4.08. The maximum atomic E-state index is 13.7. The molecular weight excluding hydrogens is 504 g/mol. The molecule has 0 spiro atoms. The first kappa shape index (κ1) is 29.0. The maximum absolute atomic E-state index is 13.7. The lowest BCUT2D eigenvalue weighted by Gasteiger charge is -2.35. The van der Waals surface area contributed by atoms with Crippen LogP contribution < -0.4 is 4.74 Å². The Balaban J connectivity index is 2.10. The number of carbonyl (C=O) groups excluding carboxylic acids is 2. The summed E-state index contributed by atoms with van der Waals surface area (Å²) in [6.07, 6.45) is 3.12. The van der Waals surface area contributed by atoms with Gasteiger partial charge in [0.25, 0.3) is 0 Å². The zero-order valence-corrected chi connectivity index (χ0v) is 23.5. The van der Waals surface area contributed by atoms with Crippen LogP contribution in [0.3, 0.4) is 0 Å². The molecule has 3 rings (SSSR count). The summed E-state index contributed by atoms with van der Waals surface area (Å²) >= 11 is 6.45. The number of benzene rings is 2. The van der Waals surface area contributed by atoms with Crippen LogP contribution in [0.25, 0.3) is 6.08 Å². The number of carbonyl (C=O) groups is 2. The monoisotopic (exact) mass is 538 g/mol. The molecule has 1 fully saturated rings. The number of hydrogen-bond acceptors (Lipinski definition) is 6. The molecule has 1 aliphatic rings. The van der Waals surface area contributed by atoms with Crippen LogP contribution >= 0.6 is 11.6 Å². The Morgan fingerprint density at radius 3 is 2.18 bits per heavy atom. The Labute approximate surface area is 229 Å². The molecule has 202 valence electrons. The molecule has 0 bridgehead atoms. The van der Waals surface area contributed by atoms with Gasteiger partial charge in [-0.15, -0.1) is 0 Å². The smallest absolute Gasteiger partial charge is 0.421 e. The van der Waals surface area contributed by atoms with Crippen molar-refractivity contribution in [2.45, 2.75) is 72.5 Å². The van der Waals surface area contributed by atoms with Crippen LogP contribution in [0.2, 0.25) is 5.02 Å². The van der Waals surface area contributed by atoms with Crippen molar-refractivity contribution < 1.29 is 23.8 Å². The Morgan fingerprint density at radius 1 is 1.05 bits per heavy atom. The molecule has 0 aliphatic heterocycles. The standard InChI is InChI=1S/C30H35ClN2O5/c1-19(32)27(18-22-14-16-24(17-15-22)37-21(3)34)33(29(35)38-30(4,5)6)28(23-10-9-11-23)36-20(2)25-12-7-8-13-26(25)31/h7-8,12-18,20,32H,9-11H2,1-6H3/b27-18-,32-19?. The number of halogens is 1. The van der Waals surface area contributed by atoms with Gasteiger partial charge in [0.05, 0.1) is 11.4 Å². The summed E-state index contributed by atoms with van der Waals surface area (Å²) in [5.41, 5.74) is 2.13. The molecule has 2 aromatic rings. The van der Waals surface area contributed by atoms with E-state index in [0.717, 1.165) is 30.4 Å². The molecule has 38 heavy (non-hydrogen) atoms. The predicted molar refractivity (Wildman–Crippen MR) is 149 cm³/mol. The Kier molecular flexibility index (Phi) is 9.39. The molecule has 1 N–H and O–H groups in total. The van der Waals surface area contributed by atoms with E-state index in [0.29, 0.717) is 27.9 Å². The molecule has 2 aromatic carbocycles. The molecule has 1 saturated carbocycles. The van der Waals surface area contributed by atoms with Gasteiger partial charge in [-0.05, 0) is 89.3 Å². The number of amides is 1. The van der Waals surface area contributed by atoms with Gasteiger partial charge in [-0.2, -0.15) is 0 Å². The van der Waals surface area contributed by atoms with Gasteiger partial charge in [0, 0.05) is 17.5 Å². The maximum Gasteiger partial charge on any atom is 0.421 e. The molecule has 8 heteroatoms. The second-order valence-corrected chi connectivity index (χ2v) is 10.6. The van der Waals surface area contributed by atoms with Crippen molar-refractivity contribution in [3.8, 4) is 5.75 Å². The molecule has 0 saturated heterocycles. The summed E-state index contributed by atoms with van der Waals surface area (Å²) in [6.45, 7) is 10.2. The highest BCUT2D eigenvalue weighted by atomic mass is 35.5. The second-order valence-electron chi connectivity index (χ2n) is 10.2. The van der Waals surface area contributed by atoms with Gasteiger partial charge in [0.15, 0.2) is 0 Å². The van der Waals surface area contributed by atoms with Gasteiger partial charge in [-0.3, -0.25) is 4.79 Å². The van der Waals surface area contributed by atoms with Crippen LogP contribution in [0.1, 0.15) is 78.0 Å². The lowest BCUT2D eigenvalue weighted by Crippen LogP contribution is -2.39. The van der Waals surface area contributed by atoms with Crippen molar-refractivity contribution in [3.05, 3.63) is 81.8 Å². The van der Waals surface area contributed by atoms with Crippen molar-refractivity contribution in [2.75, 3.05) is 0 Å². The topological polar surface area (TPSA) is 88.9 Å². The highest BCUT2D eigenvalue weighted by Gasteiger charge is 2.34. The molecule has 0 aromatic heterocycles. The highest BCUT2D eigenvalue weighted by molar-refractivity contribution is 6.31. The summed E-state index contributed by atoms with van der Waals surface area (Å²) in [5.74, 6) is 0.343. The van der Waals surface area contributed by atoms with Crippen molar-refractivity contribution >= 4 is 35.5 Å². The lowest BCUT2D eigenvalue weighted by molar-refractivity contribution is -0.131.